The fraction of sp³-hybridized carbons (Fsp3) is 0.100. The fourth-order valence-corrected chi connectivity index (χ4v) is 2.39. The molecule has 0 spiro atoms. The van der Waals surface area contributed by atoms with Crippen LogP contribution in [0.25, 0.3) is 15.7 Å². The lowest BCUT2D eigenvalue weighted by molar-refractivity contribution is 0.580. The smallest absolute Gasteiger partial charge is 0.214 e. The zero-order valence-corrected chi connectivity index (χ0v) is 9.15. The Morgan fingerprint density at radius 1 is 1.56 bits per heavy atom. The molecule has 0 saturated carbocycles. The van der Waals surface area contributed by atoms with Crippen LogP contribution in [0.3, 0.4) is 0 Å². The molecule has 0 radical (unpaired) electrons. The van der Waals surface area contributed by atoms with Gasteiger partial charge in [0.05, 0.1) is 12.0 Å². The first kappa shape index (κ1) is 9.12. The van der Waals surface area contributed by atoms with Gasteiger partial charge in [-0.25, -0.2) is 4.98 Å². The number of imidazole rings is 1. The van der Waals surface area contributed by atoms with Crippen molar-refractivity contribution in [3.8, 4) is 16.8 Å². The van der Waals surface area contributed by atoms with E-state index in [9.17, 15) is 0 Å². The van der Waals surface area contributed by atoms with Gasteiger partial charge in [-0.2, -0.15) is 9.78 Å². The molecule has 78 valence electrons. The Bertz CT molecular complexity index is 686. The van der Waals surface area contributed by atoms with E-state index >= 15 is 0 Å². The molecule has 0 aliphatic carbocycles. The van der Waals surface area contributed by atoms with E-state index in [-0.39, 0.29) is 0 Å². The first-order chi connectivity index (χ1) is 7.79. The first-order valence-corrected chi connectivity index (χ1v) is 5.41. The van der Waals surface area contributed by atoms with Gasteiger partial charge >= 0.3 is 0 Å². The van der Waals surface area contributed by atoms with Crippen molar-refractivity contribution in [1.29, 1.82) is 5.26 Å². The van der Waals surface area contributed by atoms with Crippen molar-refractivity contribution < 1.29 is 4.42 Å². The summed E-state index contributed by atoms with van der Waals surface area (Å²) < 4.78 is 6.80. The van der Waals surface area contributed by atoms with E-state index in [0.717, 1.165) is 5.01 Å². The number of fused-ring (bicyclic) bond motifs is 1. The van der Waals surface area contributed by atoms with Crippen LogP contribution in [0, 0.1) is 18.3 Å². The average Bonchev–Trinajstić information content (AvgIpc) is 2.90. The Morgan fingerprint density at radius 3 is 3.12 bits per heavy atom. The monoisotopic (exact) mass is 230 g/mol. The molecule has 0 aliphatic rings. The van der Waals surface area contributed by atoms with Crippen LogP contribution >= 0.6 is 11.3 Å². The maximum absolute atomic E-state index is 8.98. The molecular formula is C10H6N4OS. The normalized spacial score (nSPS) is 10.8. The molecule has 3 aromatic heterocycles. The molecular weight excluding hydrogens is 224 g/mol. The first-order valence-electron chi connectivity index (χ1n) is 4.60. The molecule has 0 bridgehead atoms. The highest BCUT2D eigenvalue weighted by molar-refractivity contribution is 7.19. The highest BCUT2D eigenvalue weighted by Crippen LogP contribution is 2.26. The summed E-state index contributed by atoms with van der Waals surface area (Å²) in [4.78, 5) is 4.98. The van der Waals surface area contributed by atoms with Gasteiger partial charge in [0, 0.05) is 0 Å². The van der Waals surface area contributed by atoms with Crippen LogP contribution in [0.15, 0.2) is 22.8 Å². The number of hydrogen-bond acceptors (Lipinski definition) is 5. The van der Waals surface area contributed by atoms with Crippen molar-refractivity contribution in [3.05, 3.63) is 29.8 Å². The zero-order valence-electron chi connectivity index (χ0n) is 8.34. The lowest BCUT2D eigenvalue weighted by Gasteiger charge is -1.87. The molecule has 0 saturated heterocycles. The number of nitriles is 1. The summed E-state index contributed by atoms with van der Waals surface area (Å²) in [5, 5.41) is 14.0. The van der Waals surface area contributed by atoms with E-state index in [2.05, 4.69) is 16.2 Å². The van der Waals surface area contributed by atoms with Crippen molar-refractivity contribution in [2.45, 2.75) is 6.92 Å². The maximum atomic E-state index is 8.98. The highest BCUT2D eigenvalue weighted by Gasteiger charge is 2.15. The lowest BCUT2D eigenvalue weighted by atomic mass is 10.4. The third-order valence-electron chi connectivity index (χ3n) is 2.22. The number of aromatic nitrogens is 3. The van der Waals surface area contributed by atoms with Gasteiger partial charge in [-0.3, -0.25) is 0 Å². The summed E-state index contributed by atoms with van der Waals surface area (Å²) in [6, 6.07) is 5.72. The summed E-state index contributed by atoms with van der Waals surface area (Å²) in [5.41, 5.74) is 1.18. The van der Waals surface area contributed by atoms with Gasteiger partial charge in [-0.05, 0) is 19.1 Å². The molecule has 5 nitrogen and oxygen atoms in total. The second kappa shape index (κ2) is 3.18. The van der Waals surface area contributed by atoms with Crippen molar-refractivity contribution in [2.75, 3.05) is 0 Å². The van der Waals surface area contributed by atoms with Crippen molar-refractivity contribution in [2.24, 2.45) is 0 Å². The van der Waals surface area contributed by atoms with E-state index in [4.69, 9.17) is 9.68 Å². The largest absolute Gasteiger partial charge is 0.462 e. The molecule has 0 aliphatic heterocycles. The van der Waals surface area contributed by atoms with E-state index in [1.54, 1.807) is 23.8 Å². The summed E-state index contributed by atoms with van der Waals surface area (Å²) in [6.07, 6.45) is 1.59. The molecule has 3 heterocycles. The predicted molar refractivity (Wildman–Crippen MR) is 58.0 cm³/mol. The maximum Gasteiger partial charge on any atom is 0.214 e. The molecule has 0 fully saturated rings. The molecule has 16 heavy (non-hydrogen) atoms. The van der Waals surface area contributed by atoms with Crippen molar-refractivity contribution in [3.63, 3.8) is 0 Å². The standard InChI is InChI=1S/C10H6N4OS/c1-6-7(5-11)14-10(12-6)16-9(13-14)8-3-2-4-15-8/h2-4H,1H3. The van der Waals surface area contributed by atoms with E-state index < -0.39 is 0 Å². The summed E-state index contributed by atoms with van der Waals surface area (Å²) in [6.45, 7) is 1.80. The van der Waals surface area contributed by atoms with Crippen LogP contribution in [0.5, 0.6) is 0 Å². The topological polar surface area (TPSA) is 67.1 Å². The van der Waals surface area contributed by atoms with Crippen LogP contribution in [-0.2, 0) is 0 Å². The Labute approximate surface area is 94.6 Å². The summed E-state index contributed by atoms with van der Waals surface area (Å²) in [5.74, 6) is 0.692. The zero-order chi connectivity index (χ0) is 11.1. The number of aryl methyl sites for hydroxylation is 1. The number of nitrogens with zero attached hydrogens (tertiary/aromatic N) is 4. The van der Waals surface area contributed by atoms with Gasteiger partial charge in [0.2, 0.25) is 4.96 Å². The predicted octanol–water partition coefficient (Wildman–Crippen LogP) is 2.23. The van der Waals surface area contributed by atoms with Crippen LogP contribution in [0.2, 0.25) is 0 Å². The minimum absolute atomic E-state index is 0.476. The van der Waals surface area contributed by atoms with Crippen LogP contribution in [0.4, 0.5) is 0 Å². The quantitative estimate of drug-likeness (QED) is 0.643. The van der Waals surface area contributed by atoms with E-state index in [1.807, 2.05) is 6.07 Å². The number of rotatable bonds is 1. The SMILES string of the molecule is Cc1nc2sc(-c3ccco3)nn2c1C#N. The molecule has 6 heteroatoms. The Hall–Kier alpha value is -2.13. The van der Waals surface area contributed by atoms with Gasteiger partial charge in [0.25, 0.3) is 0 Å². The molecule has 0 aromatic carbocycles. The minimum atomic E-state index is 0.476. The highest BCUT2D eigenvalue weighted by atomic mass is 32.1. The molecule has 0 unspecified atom stereocenters. The third kappa shape index (κ3) is 1.15. The Kier molecular flexibility index (Phi) is 1.81. The van der Waals surface area contributed by atoms with Gasteiger partial charge < -0.3 is 4.42 Å². The molecule has 0 atom stereocenters. The van der Waals surface area contributed by atoms with E-state index in [0.29, 0.717) is 22.1 Å². The Balaban J connectivity index is 2.26. The second-order valence-corrected chi connectivity index (χ2v) is 4.19. The molecule has 0 amide bonds. The number of hydrogen-bond donors (Lipinski definition) is 0. The average molecular weight is 230 g/mol. The van der Waals surface area contributed by atoms with Gasteiger partial charge in [-0.15, -0.1) is 5.10 Å². The summed E-state index contributed by atoms with van der Waals surface area (Å²) >= 11 is 1.40. The third-order valence-corrected chi connectivity index (χ3v) is 3.14. The van der Waals surface area contributed by atoms with Crippen LogP contribution in [-0.4, -0.2) is 14.6 Å². The lowest BCUT2D eigenvalue weighted by Crippen LogP contribution is -1.89. The van der Waals surface area contributed by atoms with Crippen LogP contribution < -0.4 is 0 Å². The van der Waals surface area contributed by atoms with Gasteiger partial charge in [-0.1, -0.05) is 11.3 Å². The molecule has 0 N–H and O–H groups in total. The fourth-order valence-electron chi connectivity index (χ4n) is 1.48. The van der Waals surface area contributed by atoms with Gasteiger partial charge in [0.15, 0.2) is 16.5 Å². The minimum Gasteiger partial charge on any atom is -0.462 e. The molecule has 3 aromatic rings. The number of furan rings is 1. The van der Waals surface area contributed by atoms with Gasteiger partial charge in [0.1, 0.15) is 6.07 Å². The Morgan fingerprint density at radius 2 is 2.44 bits per heavy atom. The summed E-state index contributed by atoms with van der Waals surface area (Å²) in [7, 11) is 0. The second-order valence-electron chi connectivity index (χ2n) is 3.24. The van der Waals surface area contributed by atoms with E-state index in [1.165, 1.54) is 11.3 Å². The van der Waals surface area contributed by atoms with Crippen LogP contribution in [0.1, 0.15) is 11.4 Å². The molecule has 3 rings (SSSR count). The van der Waals surface area contributed by atoms with Crippen molar-refractivity contribution in [1.82, 2.24) is 14.6 Å². The van der Waals surface area contributed by atoms with Crippen molar-refractivity contribution >= 4 is 16.3 Å².